The molecule has 0 aliphatic carbocycles. The Bertz CT molecular complexity index is 653. The van der Waals surface area contributed by atoms with Gasteiger partial charge in [-0.15, -0.1) is 0 Å². The van der Waals surface area contributed by atoms with E-state index in [0.717, 1.165) is 6.54 Å². The molecule has 2 aliphatic heterocycles. The van der Waals surface area contributed by atoms with E-state index in [1.807, 2.05) is 0 Å². The summed E-state index contributed by atoms with van der Waals surface area (Å²) >= 11 is 0. The number of rotatable bonds is 3. The first-order valence-electron chi connectivity index (χ1n) is 7.48. The monoisotopic (exact) mass is 324 g/mol. The average Bonchev–Trinajstić information content (AvgIpc) is 2.51. The summed E-state index contributed by atoms with van der Waals surface area (Å²) < 4.78 is 29.5. The first-order chi connectivity index (χ1) is 10.6. The Balaban J connectivity index is 1.69. The highest BCUT2D eigenvalue weighted by Crippen LogP contribution is 2.31. The fourth-order valence-corrected chi connectivity index (χ4v) is 4.59. The van der Waals surface area contributed by atoms with Crippen molar-refractivity contribution in [2.75, 3.05) is 25.5 Å². The Morgan fingerprint density at radius 2 is 2.18 bits per heavy atom. The molecular formula is C15H20N2O4S. The summed E-state index contributed by atoms with van der Waals surface area (Å²) in [6.07, 6.45) is 0.755. The van der Waals surface area contributed by atoms with Crippen molar-refractivity contribution in [3.8, 4) is 0 Å². The lowest BCUT2D eigenvalue weighted by atomic mass is 10.0. The summed E-state index contributed by atoms with van der Waals surface area (Å²) in [4.78, 5) is 12.5. The maximum Gasteiger partial charge on any atom is 0.222 e. The predicted octanol–water partition coefficient (Wildman–Crippen LogP) is 0.400. The molecule has 0 saturated carbocycles. The van der Waals surface area contributed by atoms with E-state index in [0.29, 0.717) is 36.5 Å². The van der Waals surface area contributed by atoms with E-state index < -0.39 is 9.84 Å². The van der Waals surface area contributed by atoms with Crippen LogP contribution >= 0.6 is 0 Å². The van der Waals surface area contributed by atoms with Crippen LogP contribution in [0, 0.1) is 0 Å². The molecule has 2 atom stereocenters. The van der Waals surface area contributed by atoms with Crippen LogP contribution in [0.1, 0.15) is 24.4 Å². The van der Waals surface area contributed by atoms with E-state index in [-0.39, 0.29) is 23.7 Å². The molecule has 2 aliphatic rings. The summed E-state index contributed by atoms with van der Waals surface area (Å²) in [7, 11) is -3.22. The van der Waals surface area contributed by atoms with Gasteiger partial charge in [0.15, 0.2) is 9.84 Å². The van der Waals surface area contributed by atoms with Crippen molar-refractivity contribution in [3.63, 3.8) is 0 Å². The molecule has 1 aromatic rings. The predicted molar refractivity (Wildman–Crippen MR) is 81.2 cm³/mol. The molecule has 2 N–H and O–H groups in total. The van der Waals surface area contributed by atoms with Crippen LogP contribution in [0.3, 0.4) is 0 Å². The fourth-order valence-electron chi connectivity index (χ4n) is 2.97. The summed E-state index contributed by atoms with van der Waals surface area (Å²) in [5, 5.41) is 6.20. The molecule has 1 saturated heterocycles. The van der Waals surface area contributed by atoms with Gasteiger partial charge in [0.05, 0.1) is 29.9 Å². The van der Waals surface area contributed by atoms with Gasteiger partial charge in [0.25, 0.3) is 0 Å². The van der Waals surface area contributed by atoms with Gasteiger partial charge in [-0.1, -0.05) is 18.2 Å². The Morgan fingerprint density at radius 1 is 1.36 bits per heavy atom. The van der Waals surface area contributed by atoms with Crippen molar-refractivity contribution in [1.29, 1.82) is 0 Å². The molecule has 0 radical (unpaired) electrons. The first-order valence-corrected chi connectivity index (χ1v) is 9.14. The number of carbonyl (C=O) groups excluding carboxylic acids is 1. The van der Waals surface area contributed by atoms with E-state index in [2.05, 4.69) is 10.6 Å². The third-order valence-corrected chi connectivity index (χ3v) is 5.89. The number of amides is 1. The van der Waals surface area contributed by atoms with Crippen LogP contribution in [0.2, 0.25) is 0 Å². The summed E-state index contributed by atoms with van der Waals surface area (Å²) in [6, 6.07) is 6.69. The molecule has 1 aromatic carbocycles. The van der Waals surface area contributed by atoms with Crippen LogP contribution in [-0.2, 0) is 19.4 Å². The lowest BCUT2D eigenvalue weighted by molar-refractivity contribution is -0.123. The van der Waals surface area contributed by atoms with Crippen molar-refractivity contribution >= 4 is 15.7 Å². The maximum absolute atomic E-state index is 12.2. The topological polar surface area (TPSA) is 84.5 Å². The van der Waals surface area contributed by atoms with Crippen LogP contribution in [0.15, 0.2) is 29.2 Å². The second-order valence-electron chi connectivity index (χ2n) is 5.70. The third-order valence-electron chi connectivity index (χ3n) is 4.07. The van der Waals surface area contributed by atoms with E-state index in [1.165, 1.54) is 0 Å². The second-order valence-corrected chi connectivity index (χ2v) is 7.77. The molecule has 2 unspecified atom stereocenters. The van der Waals surface area contributed by atoms with Crippen LogP contribution in [-0.4, -0.2) is 45.9 Å². The van der Waals surface area contributed by atoms with Gasteiger partial charge < -0.3 is 15.4 Å². The van der Waals surface area contributed by atoms with Crippen molar-refractivity contribution < 1.29 is 17.9 Å². The fraction of sp³-hybridized carbons (Fsp3) is 0.533. The van der Waals surface area contributed by atoms with Gasteiger partial charge in [-0.2, -0.15) is 0 Å². The van der Waals surface area contributed by atoms with Crippen LogP contribution in [0.4, 0.5) is 0 Å². The molecule has 2 heterocycles. The average molecular weight is 324 g/mol. The second kappa shape index (κ2) is 6.36. The highest BCUT2D eigenvalue weighted by molar-refractivity contribution is 7.91. The van der Waals surface area contributed by atoms with Gasteiger partial charge in [-0.25, -0.2) is 8.42 Å². The Kier molecular flexibility index (Phi) is 4.46. The van der Waals surface area contributed by atoms with Gasteiger partial charge in [0.2, 0.25) is 5.91 Å². The molecule has 3 rings (SSSR count). The molecule has 22 heavy (non-hydrogen) atoms. The number of morpholine rings is 1. The lowest BCUT2D eigenvalue weighted by Crippen LogP contribution is -2.45. The smallest absolute Gasteiger partial charge is 0.222 e. The number of hydrogen-bond donors (Lipinski definition) is 2. The zero-order valence-corrected chi connectivity index (χ0v) is 13.1. The Labute approximate surface area is 130 Å². The Hall–Kier alpha value is -1.44. The lowest BCUT2D eigenvalue weighted by Gasteiger charge is -2.28. The van der Waals surface area contributed by atoms with E-state index >= 15 is 0 Å². The molecule has 1 fully saturated rings. The van der Waals surface area contributed by atoms with E-state index in [1.54, 1.807) is 24.3 Å². The summed E-state index contributed by atoms with van der Waals surface area (Å²) in [5.41, 5.74) is 0.690. The van der Waals surface area contributed by atoms with Crippen molar-refractivity contribution in [1.82, 2.24) is 10.6 Å². The number of nitrogens with one attached hydrogen (secondary N) is 2. The quantitative estimate of drug-likeness (QED) is 0.841. The van der Waals surface area contributed by atoms with Crippen LogP contribution < -0.4 is 10.6 Å². The number of carbonyl (C=O) groups is 1. The molecular weight excluding hydrogens is 304 g/mol. The molecule has 6 nitrogen and oxygen atoms in total. The normalized spacial score (nSPS) is 26.9. The third kappa shape index (κ3) is 3.31. The Morgan fingerprint density at radius 3 is 2.95 bits per heavy atom. The highest BCUT2D eigenvalue weighted by Gasteiger charge is 2.31. The molecule has 7 heteroatoms. The number of fused-ring (bicyclic) bond motifs is 1. The zero-order chi connectivity index (χ0) is 15.6. The molecule has 1 amide bonds. The summed E-state index contributed by atoms with van der Waals surface area (Å²) in [5.74, 6) is -0.0122. The maximum atomic E-state index is 12.2. The summed E-state index contributed by atoms with van der Waals surface area (Å²) in [6.45, 7) is 1.96. The number of sulfone groups is 1. The zero-order valence-electron chi connectivity index (χ0n) is 12.2. The molecule has 0 bridgehead atoms. The standard InChI is InChI=1S/C15H20N2O4S/c18-15(9-11-10-21-7-6-16-11)17-13-5-8-22(19,20)14-4-2-1-3-12(13)14/h1-4,11,13,16H,5-10H2,(H,17,18). The van der Waals surface area contributed by atoms with Crippen LogP contribution in [0.5, 0.6) is 0 Å². The first kappa shape index (κ1) is 15.5. The van der Waals surface area contributed by atoms with Gasteiger partial charge in [-0.3, -0.25) is 4.79 Å². The van der Waals surface area contributed by atoms with E-state index in [4.69, 9.17) is 4.74 Å². The highest BCUT2D eigenvalue weighted by atomic mass is 32.2. The number of benzene rings is 1. The largest absolute Gasteiger partial charge is 0.378 e. The molecule has 0 aromatic heterocycles. The van der Waals surface area contributed by atoms with Crippen molar-refractivity contribution in [2.24, 2.45) is 0 Å². The van der Waals surface area contributed by atoms with Gasteiger partial charge in [-0.05, 0) is 18.1 Å². The van der Waals surface area contributed by atoms with Gasteiger partial charge in [0, 0.05) is 19.0 Å². The SMILES string of the molecule is O=C(CC1COCCN1)NC1CCS(=O)(=O)c2ccccc21. The van der Waals surface area contributed by atoms with Crippen molar-refractivity contribution in [2.45, 2.75) is 29.8 Å². The molecule has 0 spiro atoms. The minimum Gasteiger partial charge on any atom is -0.378 e. The number of hydrogen-bond acceptors (Lipinski definition) is 5. The number of ether oxygens (including phenoxy) is 1. The van der Waals surface area contributed by atoms with Gasteiger partial charge >= 0.3 is 0 Å². The van der Waals surface area contributed by atoms with Crippen molar-refractivity contribution in [3.05, 3.63) is 29.8 Å². The van der Waals surface area contributed by atoms with E-state index in [9.17, 15) is 13.2 Å². The van der Waals surface area contributed by atoms with Crippen LogP contribution in [0.25, 0.3) is 0 Å². The van der Waals surface area contributed by atoms with Gasteiger partial charge in [0.1, 0.15) is 0 Å². The minimum absolute atomic E-state index is 0.0244. The minimum atomic E-state index is -3.22. The molecule has 120 valence electrons.